The predicted molar refractivity (Wildman–Crippen MR) is 95.1 cm³/mol. The third-order valence-electron chi connectivity index (χ3n) is 3.96. The molecule has 0 amide bonds. The van der Waals surface area contributed by atoms with Crippen LogP contribution < -0.4 is 4.90 Å². The standard InChI is InChI=1S/C18H17ClN2O5/c1-24-17(22)13-10-26-11-21(16(13)18(23)25-2)15-9-12(5-6-14(15)19)20-7-3-4-8-20/h3-9H,10-11H2,1-2H3. The molecular formula is C18H17ClN2O5. The molecule has 2 aromatic rings. The van der Waals surface area contributed by atoms with E-state index in [0.717, 1.165) is 5.69 Å². The van der Waals surface area contributed by atoms with Gasteiger partial charge in [-0.25, -0.2) is 9.59 Å². The van der Waals surface area contributed by atoms with Crippen LogP contribution in [0, 0.1) is 0 Å². The number of nitrogens with zero attached hydrogens (tertiary/aromatic N) is 2. The summed E-state index contributed by atoms with van der Waals surface area (Å²) < 4.78 is 17.0. The van der Waals surface area contributed by atoms with Crippen molar-refractivity contribution in [1.29, 1.82) is 0 Å². The highest BCUT2D eigenvalue weighted by molar-refractivity contribution is 6.33. The summed E-state index contributed by atoms with van der Waals surface area (Å²) in [5.41, 5.74) is 1.48. The lowest BCUT2D eigenvalue weighted by Gasteiger charge is -2.32. The van der Waals surface area contributed by atoms with Crippen molar-refractivity contribution in [3.05, 3.63) is 59.0 Å². The lowest BCUT2D eigenvalue weighted by Crippen LogP contribution is -2.39. The van der Waals surface area contributed by atoms with Gasteiger partial charge in [0, 0.05) is 18.1 Å². The number of ether oxygens (including phenoxy) is 3. The first-order valence-electron chi connectivity index (χ1n) is 7.74. The zero-order valence-corrected chi connectivity index (χ0v) is 15.0. The Morgan fingerprint density at radius 1 is 1.12 bits per heavy atom. The molecule has 0 saturated heterocycles. The number of hydrogen-bond acceptors (Lipinski definition) is 6. The highest BCUT2D eigenvalue weighted by Crippen LogP contribution is 2.34. The van der Waals surface area contributed by atoms with Crippen LogP contribution in [-0.2, 0) is 23.8 Å². The summed E-state index contributed by atoms with van der Waals surface area (Å²) in [4.78, 5) is 26.0. The first-order valence-corrected chi connectivity index (χ1v) is 8.12. The van der Waals surface area contributed by atoms with Crippen LogP contribution in [-0.4, -0.2) is 44.1 Å². The Bertz CT molecular complexity index is 860. The van der Waals surface area contributed by atoms with E-state index in [1.54, 1.807) is 12.1 Å². The van der Waals surface area contributed by atoms with Crippen LogP contribution in [0.3, 0.4) is 0 Å². The summed E-state index contributed by atoms with van der Waals surface area (Å²) >= 11 is 6.37. The molecule has 0 atom stereocenters. The molecule has 3 rings (SSSR count). The average Bonchev–Trinajstić information content (AvgIpc) is 3.21. The fourth-order valence-corrected chi connectivity index (χ4v) is 2.93. The fraction of sp³-hybridized carbons (Fsp3) is 0.222. The molecule has 0 bridgehead atoms. The van der Waals surface area contributed by atoms with Gasteiger partial charge in [-0.2, -0.15) is 0 Å². The molecule has 0 saturated carbocycles. The Morgan fingerprint density at radius 3 is 2.46 bits per heavy atom. The third-order valence-corrected chi connectivity index (χ3v) is 4.28. The molecule has 1 aliphatic rings. The van der Waals surface area contributed by atoms with Gasteiger partial charge in [0.05, 0.1) is 37.1 Å². The van der Waals surface area contributed by atoms with E-state index in [1.165, 1.54) is 19.1 Å². The Morgan fingerprint density at radius 2 is 1.81 bits per heavy atom. The van der Waals surface area contributed by atoms with Gasteiger partial charge in [0.1, 0.15) is 12.4 Å². The van der Waals surface area contributed by atoms with E-state index in [9.17, 15) is 9.59 Å². The molecule has 0 radical (unpaired) electrons. The summed E-state index contributed by atoms with van der Waals surface area (Å²) in [5.74, 6) is -1.33. The maximum Gasteiger partial charge on any atom is 0.355 e. The molecular weight excluding hydrogens is 360 g/mol. The van der Waals surface area contributed by atoms with Crippen LogP contribution in [0.5, 0.6) is 0 Å². The molecule has 1 aromatic heterocycles. The van der Waals surface area contributed by atoms with Crippen molar-refractivity contribution in [3.63, 3.8) is 0 Å². The van der Waals surface area contributed by atoms with Crippen LogP contribution in [0.15, 0.2) is 54.0 Å². The van der Waals surface area contributed by atoms with Gasteiger partial charge in [-0.1, -0.05) is 11.6 Å². The Balaban J connectivity index is 2.13. The van der Waals surface area contributed by atoms with Gasteiger partial charge >= 0.3 is 11.9 Å². The zero-order valence-electron chi connectivity index (χ0n) is 14.3. The summed E-state index contributed by atoms with van der Waals surface area (Å²) in [6, 6.07) is 9.16. The number of rotatable bonds is 4. The summed E-state index contributed by atoms with van der Waals surface area (Å²) in [6.45, 7) is -0.0116. The smallest absolute Gasteiger partial charge is 0.355 e. The Labute approximate surface area is 155 Å². The Hall–Kier alpha value is -2.77. The molecule has 8 heteroatoms. The first-order chi connectivity index (χ1) is 12.6. The minimum atomic E-state index is -0.670. The number of hydrogen-bond donors (Lipinski definition) is 0. The maximum absolute atomic E-state index is 12.4. The molecule has 0 unspecified atom stereocenters. The van der Waals surface area contributed by atoms with Gasteiger partial charge in [-0.15, -0.1) is 0 Å². The SMILES string of the molecule is COC(=O)C1=C(C(=O)OC)N(c2cc(-n3cccc3)ccc2Cl)COC1. The molecule has 0 spiro atoms. The van der Waals surface area contributed by atoms with Crippen molar-refractivity contribution in [1.82, 2.24) is 4.57 Å². The van der Waals surface area contributed by atoms with E-state index in [-0.39, 0.29) is 24.6 Å². The number of benzene rings is 1. The van der Waals surface area contributed by atoms with Crippen LogP contribution in [0.2, 0.25) is 5.02 Å². The number of anilines is 1. The Kier molecular flexibility index (Phi) is 5.29. The van der Waals surface area contributed by atoms with Gasteiger partial charge in [0.15, 0.2) is 0 Å². The maximum atomic E-state index is 12.4. The summed E-state index contributed by atoms with van der Waals surface area (Å²) in [5, 5.41) is 0.400. The zero-order chi connectivity index (χ0) is 18.7. The highest BCUT2D eigenvalue weighted by atomic mass is 35.5. The molecule has 7 nitrogen and oxygen atoms in total. The van der Waals surface area contributed by atoms with Crippen LogP contribution in [0.4, 0.5) is 5.69 Å². The van der Waals surface area contributed by atoms with E-state index >= 15 is 0 Å². The minimum absolute atomic E-state index is 0.0414. The first kappa shape index (κ1) is 18.0. The molecule has 1 aromatic carbocycles. The number of halogens is 1. The molecule has 0 N–H and O–H groups in total. The molecule has 1 aliphatic heterocycles. The molecule has 0 aliphatic carbocycles. The predicted octanol–water partition coefficient (Wildman–Crippen LogP) is 2.52. The second-order valence-electron chi connectivity index (χ2n) is 5.44. The number of methoxy groups -OCH3 is 2. The van der Waals surface area contributed by atoms with Gasteiger partial charge < -0.3 is 23.7 Å². The summed E-state index contributed by atoms with van der Waals surface area (Å²) in [7, 11) is 2.48. The van der Waals surface area contributed by atoms with Crippen molar-refractivity contribution in [2.24, 2.45) is 0 Å². The normalized spacial score (nSPS) is 14.3. The van der Waals surface area contributed by atoms with E-state index in [0.29, 0.717) is 10.7 Å². The number of carbonyl (C=O) groups is 2. The fourth-order valence-electron chi connectivity index (χ4n) is 2.71. The summed E-state index contributed by atoms with van der Waals surface area (Å²) in [6.07, 6.45) is 3.77. The lowest BCUT2D eigenvalue weighted by atomic mass is 10.1. The van der Waals surface area contributed by atoms with E-state index in [4.69, 9.17) is 25.8 Å². The van der Waals surface area contributed by atoms with E-state index < -0.39 is 11.9 Å². The highest BCUT2D eigenvalue weighted by Gasteiger charge is 2.33. The van der Waals surface area contributed by atoms with E-state index in [2.05, 4.69) is 0 Å². The van der Waals surface area contributed by atoms with Crippen LogP contribution >= 0.6 is 11.6 Å². The minimum Gasteiger partial charge on any atom is -0.466 e. The quantitative estimate of drug-likeness (QED) is 0.764. The topological polar surface area (TPSA) is 70.0 Å². The second kappa shape index (κ2) is 7.63. The van der Waals surface area contributed by atoms with Crippen LogP contribution in [0.25, 0.3) is 5.69 Å². The van der Waals surface area contributed by atoms with Gasteiger partial charge in [-0.3, -0.25) is 0 Å². The van der Waals surface area contributed by atoms with Gasteiger partial charge in [0.25, 0.3) is 0 Å². The van der Waals surface area contributed by atoms with Crippen molar-refractivity contribution in [3.8, 4) is 5.69 Å². The van der Waals surface area contributed by atoms with Crippen molar-refractivity contribution in [2.75, 3.05) is 32.5 Å². The van der Waals surface area contributed by atoms with Gasteiger partial charge in [0.2, 0.25) is 0 Å². The monoisotopic (exact) mass is 376 g/mol. The largest absolute Gasteiger partial charge is 0.466 e. The average molecular weight is 377 g/mol. The van der Waals surface area contributed by atoms with Crippen molar-refractivity contribution >= 4 is 29.2 Å². The van der Waals surface area contributed by atoms with Crippen molar-refractivity contribution < 1.29 is 23.8 Å². The number of carbonyl (C=O) groups excluding carboxylic acids is 2. The number of esters is 2. The van der Waals surface area contributed by atoms with Gasteiger partial charge in [-0.05, 0) is 30.3 Å². The molecule has 136 valence electrons. The third kappa shape index (κ3) is 3.31. The van der Waals surface area contributed by atoms with Crippen LogP contribution in [0.1, 0.15) is 0 Å². The lowest BCUT2D eigenvalue weighted by molar-refractivity contribution is -0.140. The molecule has 2 heterocycles. The number of aromatic nitrogens is 1. The van der Waals surface area contributed by atoms with E-state index in [1.807, 2.05) is 35.2 Å². The second-order valence-corrected chi connectivity index (χ2v) is 5.85. The molecule has 26 heavy (non-hydrogen) atoms. The van der Waals surface area contributed by atoms with Crippen molar-refractivity contribution in [2.45, 2.75) is 0 Å². The molecule has 0 fully saturated rings.